The van der Waals surface area contributed by atoms with Crippen LogP contribution in [0.3, 0.4) is 0 Å². The number of fused-ring (bicyclic) bond motifs is 5. The van der Waals surface area contributed by atoms with Crippen LogP contribution in [0.4, 0.5) is 0 Å². The predicted octanol–water partition coefficient (Wildman–Crippen LogP) is 5.39. The lowest BCUT2D eigenvalue weighted by atomic mass is 9.46. The van der Waals surface area contributed by atoms with Crippen LogP contribution < -0.4 is 0 Å². The smallest absolute Gasteiger partial charge is 0.162 e. The summed E-state index contributed by atoms with van der Waals surface area (Å²) in [6, 6.07) is 0. The van der Waals surface area contributed by atoms with Gasteiger partial charge < -0.3 is 9.47 Å². The summed E-state index contributed by atoms with van der Waals surface area (Å²) in [5.74, 6) is 2.32. The van der Waals surface area contributed by atoms with Crippen molar-refractivity contribution < 1.29 is 19.1 Å². The molecule has 1 aliphatic heterocycles. The van der Waals surface area contributed by atoms with Gasteiger partial charge in [0, 0.05) is 18.4 Å². The summed E-state index contributed by atoms with van der Waals surface area (Å²) >= 11 is 0. The monoisotopic (exact) mass is 414 g/mol. The highest BCUT2D eigenvalue weighted by atomic mass is 16.7. The molecule has 3 saturated carbocycles. The zero-order chi connectivity index (χ0) is 21.1. The molecule has 0 N–H and O–H groups in total. The molecule has 0 radical (unpaired) electrons. The van der Waals surface area contributed by atoms with E-state index >= 15 is 0 Å². The molecule has 4 aliphatic carbocycles. The third-order valence-corrected chi connectivity index (χ3v) is 10.1. The van der Waals surface area contributed by atoms with Gasteiger partial charge in [-0.05, 0) is 100 Å². The second kappa shape index (κ2) is 7.27. The summed E-state index contributed by atoms with van der Waals surface area (Å²) in [7, 11) is 0. The Balaban J connectivity index is 1.45. The Hall–Kier alpha value is -1.00. The summed E-state index contributed by atoms with van der Waals surface area (Å²) in [4.78, 5) is 25.2. The van der Waals surface area contributed by atoms with E-state index in [1.54, 1.807) is 6.92 Å². The number of rotatable bonds is 3. The summed E-state index contributed by atoms with van der Waals surface area (Å²) < 4.78 is 12.6. The average Bonchev–Trinajstić information content (AvgIpc) is 3.03. The topological polar surface area (TPSA) is 52.6 Å². The first-order valence-corrected chi connectivity index (χ1v) is 12.3. The summed E-state index contributed by atoms with van der Waals surface area (Å²) in [5, 5.41) is 0. The Bertz CT molecular complexity index is 765. The first kappa shape index (κ1) is 20.9. The fourth-order valence-corrected chi connectivity index (χ4v) is 8.44. The molecule has 1 saturated heterocycles. The molecular formula is C26H38O4. The van der Waals surface area contributed by atoms with Gasteiger partial charge >= 0.3 is 0 Å². The standard InChI is InChI=1S/C26H38O4/c1-17(27)26(30-23-6-4-5-15-29-23)14-11-22-20-8-7-18-16-19(28)9-12-24(18,2)21(20)10-13-25(22,26)3/h16,20-23H,4-15H2,1-3H3/t20-,21+,22+,23-,24+,25+,26+/m1/s1. The van der Waals surface area contributed by atoms with Crippen molar-refractivity contribution in [3.63, 3.8) is 0 Å². The molecule has 0 unspecified atom stereocenters. The lowest BCUT2D eigenvalue weighted by Gasteiger charge is -2.59. The zero-order valence-corrected chi connectivity index (χ0v) is 19.0. The van der Waals surface area contributed by atoms with E-state index in [2.05, 4.69) is 13.8 Å². The van der Waals surface area contributed by atoms with Crippen LogP contribution in [-0.4, -0.2) is 30.1 Å². The van der Waals surface area contributed by atoms with Crippen molar-refractivity contribution in [1.29, 1.82) is 0 Å². The highest BCUT2D eigenvalue weighted by Crippen LogP contribution is 2.68. The molecule has 0 spiro atoms. The maximum Gasteiger partial charge on any atom is 0.162 e. The van der Waals surface area contributed by atoms with E-state index in [1.165, 1.54) is 5.57 Å². The maximum absolute atomic E-state index is 13.2. The third-order valence-electron chi connectivity index (χ3n) is 10.1. The Morgan fingerprint density at radius 3 is 2.57 bits per heavy atom. The fourth-order valence-electron chi connectivity index (χ4n) is 8.44. The molecule has 0 aromatic rings. The first-order chi connectivity index (χ1) is 14.3. The molecule has 0 bridgehead atoms. The van der Waals surface area contributed by atoms with Gasteiger partial charge in [-0.25, -0.2) is 0 Å². The highest BCUT2D eigenvalue weighted by molar-refractivity contribution is 5.91. The average molecular weight is 415 g/mol. The van der Waals surface area contributed by atoms with E-state index < -0.39 is 5.60 Å². The minimum atomic E-state index is -0.690. The number of carbonyl (C=O) groups excluding carboxylic acids is 2. The Labute approximate surface area is 181 Å². The van der Waals surface area contributed by atoms with Crippen molar-refractivity contribution in [2.45, 2.75) is 103 Å². The lowest BCUT2D eigenvalue weighted by molar-refractivity contribution is -0.253. The van der Waals surface area contributed by atoms with Crippen LogP contribution in [0.5, 0.6) is 0 Å². The van der Waals surface area contributed by atoms with Gasteiger partial charge in [0.05, 0.1) is 0 Å². The Kier molecular flexibility index (Phi) is 5.06. The number of ether oxygens (including phenoxy) is 2. The van der Waals surface area contributed by atoms with Gasteiger partial charge in [0.15, 0.2) is 17.9 Å². The van der Waals surface area contributed by atoms with Gasteiger partial charge in [-0.15, -0.1) is 0 Å². The summed E-state index contributed by atoms with van der Waals surface area (Å²) in [5.41, 5.74) is 0.784. The van der Waals surface area contributed by atoms with Crippen LogP contribution in [0, 0.1) is 28.6 Å². The molecule has 30 heavy (non-hydrogen) atoms. The molecule has 0 aromatic carbocycles. The SMILES string of the molecule is CC(=O)[C@@]1(O[C@@H]2CCCCO2)CC[C@H]2[C@@H]3CCC4=CC(=O)CC[C@]4(C)[C@H]3CC[C@@]21C. The highest BCUT2D eigenvalue weighted by Gasteiger charge is 2.67. The third kappa shape index (κ3) is 2.85. The molecule has 4 fully saturated rings. The first-order valence-electron chi connectivity index (χ1n) is 12.3. The number of hydrogen-bond donors (Lipinski definition) is 0. The van der Waals surface area contributed by atoms with Crippen LogP contribution in [0.2, 0.25) is 0 Å². The van der Waals surface area contributed by atoms with Crippen LogP contribution in [0.15, 0.2) is 11.6 Å². The van der Waals surface area contributed by atoms with Gasteiger partial charge in [-0.2, -0.15) is 0 Å². The molecule has 0 amide bonds. The van der Waals surface area contributed by atoms with Crippen LogP contribution in [0.1, 0.15) is 91.4 Å². The molecule has 5 aliphatic rings. The van der Waals surface area contributed by atoms with Crippen molar-refractivity contribution in [3.8, 4) is 0 Å². The van der Waals surface area contributed by atoms with Gasteiger partial charge in [0.25, 0.3) is 0 Å². The van der Waals surface area contributed by atoms with Crippen LogP contribution in [-0.2, 0) is 19.1 Å². The van der Waals surface area contributed by atoms with E-state index in [4.69, 9.17) is 9.47 Å². The van der Waals surface area contributed by atoms with E-state index in [9.17, 15) is 9.59 Å². The maximum atomic E-state index is 13.2. The zero-order valence-electron chi connectivity index (χ0n) is 19.0. The number of hydrogen-bond acceptors (Lipinski definition) is 4. The van der Waals surface area contributed by atoms with Crippen LogP contribution in [0.25, 0.3) is 0 Å². The minimum Gasteiger partial charge on any atom is -0.353 e. The summed E-state index contributed by atoms with van der Waals surface area (Å²) in [6.07, 6.45) is 12.9. The lowest BCUT2D eigenvalue weighted by Crippen LogP contribution is -2.59. The Morgan fingerprint density at radius 1 is 1.03 bits per heavy atom. The van der Waals surface area contributed by atoms with Crippen molar-refractivity contribution in [2.24, 2.45) is 28.6 Å². The molecule has 4 nitrogen and oxygen atoms in total. The number of ketones is 2. The fraction of sp³-hybridized carbons (Fsp3) is 0.846. The second-order valence-electron chi connectivity index (χ2n) is 11.3. The second-order valence-corrected chi connectivity index (χ2v) is 11.3. The molecule has 4 heteroatoms. The molecule has 5 rings (SSSR count). The molecular weight excluding hydrogens is 376 g/mol. The Morgan fingerprint density at radius 2 is 1.83 bits per heavy atom. The van der Waals surface area contributed by atoms with Gasteiger partial charge in [-0.1, -0.05) is 19.4 Å². The summed E-state index contributed by atoms with van der Waals surface area (Å²) in [6.45, 7) is 7.27. The van der Waals surface area contributed by atoms with Crippen molar-refractivity contribution in [3.05, 3.63) is 11.6 Å². The van der Waals surface area contributed by atoms with Crippen molar-refractivity contribution in [1.82, 2.24) is 0 Å². The van der Waals surface area contributed by atoms with Crippen molar-refractivity contribution in [2.75, 3.05) is 6.61 Å². The molecule has 166 valence electrons. The van der Waals surface area contributed by atoms with Crippen molar-refractivity contribution >= 4 is 11.6 Å². The van der Waals surface area contributed by atoms with E-state index in [0.717, 1.165) is 70.8 Å². The number of Topliss-reactive ketones (excluding diaryl/α,β-unsaturated/α-hetero) is 1. The number of carbonyl (C=O) groups is 2. The van der Waals surface area contributed by atoms with E-state index in [1.807, 2.05) is 6.08 Å². The normalized spacial score (nSPS) is 48.4. The molecule has 0 aromatic heterocycles. The number of allylic oxidation sites excluding steroid dienone is 1. The minimum absolute atomic E-state index is 0.108. The van der Waals surface area contributed by atoms with Gasteiger partial charge in [0.2, 0.25) is 0 Å². The van der Waals surface area contributed by atoms with Crippen LogP contribution >= 0.6 is 0 Å². The largest absolute Gasteiger partial charge is 0.353 e. The van der Waals surface area contributed by atoms with Gasteiger partial charge in [-0.3, -0.25) is 9.59 Å². The van der Waals surface area contributed by atoms with E-state index in [-0.39, 0.29) is 22.9 Å². The quantitative estimate of drug-likeness (QED) is 0.621. The van der Waals surface area contributed by atoms with Gasteiger partial charge in [0.1, 0.15) is 5.60 Å². The molecule has 1 heterocycles. The molecule has 7 atom stereocenters. The van der Waals surface area contributed by atoms with E-state index in [0.29, 0.717) is 30.0 Å². The predicted molar refractivity (Wildman–Crippen MR) is 115 cm³/mol.